The van der Waals surface area contributed by atoms with Gasteiger partial charge in [-0.3, -0.25) is 0 Å². The van der Waals surface area contributed by atoms with Gasteiger partial charge in [0.25, 0.3) is 0 Å². The van der Waals surface area contributed by atoms with E-state index in [1.165, 1.54) is 19.2 Å². The van der Waals surface area contributed by atoms with Gasteiger partial charge < -0.3 is 15.2 Å². The molecule has 0 amide bonds. The van der Waals surface area contributed by atoms with E-state index in [0.29, 0.717) is 11.1 Å². The van der Waals surface area contributed by atoms with Crippen molar-refractivity contribution in [2.24, 2.45) is 0 Å². The summed E-state index contributed by atoms with van der Waals surface area (Å²) in [5.41, 5.74) is 1.98. The third kappa shape index (κ3) is 3.73. The van der Waals surface area contributed by atoms with Crippen LogP contribution in [-0.2, 0) is 4.74 Å². The van der Waals surface area contributed by atoms with Crippen LogP contribution in [0.4, 0.5) is 5.69 Å². The molecule has 1 radical (unpaired) electrons. The summed E-state index contributed by atoms with van der Waals surface area (Å²) in [7, 11) is 1.32. The Hall–Kier alpha value is -3.08. The molecule has 0 aliphatic rings. The largest absolute Gasteiger partial charge is 0.478 e. The lowest BCUT2D eigenvalue weighted by molar-refractivity contribution is 0.0599. The van der Waals surface area contributed by atoms with Crippen molar-refractivity contribution >= 4 is 23.7 Å². The summed E-state index contributed by atoms with van der Waals surface area (Å²) < 4.78 is 4.70. The van der Waals surface area contributed by atoms with Gasteiger partial charge in [-0.2, -0.15) is 0 Å². The molecule has 0 aromatic heterocycles. The lowest BCUT2D eigenvalue weighted by atomic mass is 10.1. The van der Waals surface area contributed by atoms with Crippen LogP contribution >= 0.6 is 0 Å². The van der Waals surface area contributed by atoms with Gasteiger partial charge in [0, 0.05) is 11.9 Å². The maximum atomic E-state index is 11.6. The number of hydrogen-bond donors (Lipinski definition) is 2. The summed E-state index contributed by atoms with van der Waals surface area (Å²) in [5.74, 6) is -1.42. The minimum Gasteiger partial charge on any atom is -0.478 e. The van der Waals surface area contributed by atoms with Gasteiger partial charge in [-0.25, -0.2) is 9.59 Å². The number of nitrogens with one attached hydrogen (secondary N) is 1. The maximum Gasteiger partial charge on any atom is 0.339 e. The highest BCUT2D eigenvalue weighted by Gasteiger charge is 2.08. The SMILES string of the molecule is COC(=O)c1[c]cccc1C=CNc1ccc(C(=O)O)cc1. The Kier molecular flexibility index (Phi) is 4.93. The molecule has 22 heavy (non-hydrogen) atoms. The standard InChI is InChI=1S/C17H14NO4/c1-22-17(21)15-5-3-2-4-12(15)10-11-18-14-8-6-13(7-9-14)16(19)20/h2-4,6-11,18H,1H3,(H,19,20). The van der Waals surface area contributed by atoms with E-state index in [9.17, 15) is 9.59 Å². The normalized spacial score (nSPS) is 10.4. The van der Waals surface area contributed by atoms with Crippen molar-refractivity contribution in [1.82, 2.24) is 0 Å². The Balaban J connectivity index is 2.10. The predicted octanol–water partition coefficient (Wildman–Crippen LogP) is 3.05. The third-order valence-corrected chi connectivity index (χ3v) is 2.92. The van der Waals surface area contributed by atoms with E-state index in [4.69, 9.17) is 9.84 Å². The molecule has 111 valence electrons. The van der Waals surface area contributed by atoms with E-state index < -0.39 is 11.9 Å². The predicted molar refractivity (Wildman–Crippen MR) is 82.7 cm³/mol. The van der Waals surface area contributed by atoms with Crippen LogP contribution in [-0.4, -0.2) is 24.2 Å². The van der Waals surface area contributed by atoms with Gasteiger partial charge in [0.1, 0.15) is 0 Å². The zero-order valence-corrected chi connectivity index (χ0v) is 11.9. The number of carboxylic acid groups (broad SMARTS) is 1. The highest BCUT2D eigenvalue weighted by atomic mass is 16.5. The first kappa shape index (κ1) is 15.3. The molecule has 0 bridgehead atoms. The quantitative estimate of drug-likeness (QED) is 0.829. The van der Waals surface area contributed by atoms with Gasteiger partial charge in [-0.05, 0) is 42.0 Å². The van der Waals surface area contributed by atoms with Crippen molar-refractivity contribution in [2.45, 2.75) is 0 Å². The number of hydrogen-bond acceptors (Lipinski definition) is 4. The minimum absolute atomic E-state index is 0.222. The van der Waals surface area contributed by atoms with Crippen molar-refractivity contribution in [3.8, 4) is 0 Å². The van der Waals surface area contributed by atoms with Gasteiger partial charge in [0.05, 0.1) is 18.2 Å². The highest BCUT2D eigenvalue weighted by molar-refractivity contribution is 5.93. The van der Waals surface area contributed by atoms with Crippen molar-refractivity contribution in [1.29, 1.82) is 0 Å². The summed E-state index contributed by atoms with van der Waals surface area (Å²) >= 11 is 0. The second kappa shape index (κ2) is 7.08. The van der Waals surface area contributed by atoms with Crippen LogP contribution in [0.1, 0.15) is 26.3 Å². The molecule has 0 atom stereocenters. The topological polar surface area (TPSA) is 75.6 Å². The molecule has 2 rings (SSSR count). The van der Waals surface area contributed by atoms with Gasteiger partial charge >= 0.3 is 11.9 Å². The molecule has 0 aliphatic heterocycles. The smallest absolute Gasteiger partial charge is 0.339 e. The summed E-state index contributed by atoms with van der Waals surface area (Å²) in [5, 5.41) is 11.8. The van der Waals surface area contributed by atoms with Crippen LogP contribution in [0.25, 0.3) is 6.08 Å². The van der Waals surface area contributed by atoms with E-state index in [-0.39, 0.29) is 5.56 Å². The molecule has 0 saturated heterocycles. The number of anilines is 1. The number of methoxy groups -OCH3 is 1. The summed E-state index contributed by atoms with van der Waals surface area (Å²) in [6, 6.07) is 14.4. The Morgan fingerprint density at radius 3 is 2.59 bits per heavy atom. The number of esters is 1. The molecule has 5 nitrogen and oxygen atoms in total. The molecule has 2 N–H and O–H groups in total. The maximum absolute atomic E-state index is 11.6. The van der Waals surface area contributed by atoms with Crippen LogP contribution in [0, 0.1) is 6.07 Å². The number of ether oxygens (including phenoxy) is 1. The Labute approximate surface area is 127 Å². The van der Waals surface area contributed by atoms with Crippen LogP contribution in [0.5, 0.6) is 0 Å². The van der Waals surface area contributed by atoms with Gasteiger partial charge in [-0.15, -0.1) is 0 Å². The Morgan fingerprint density at radius 1 is 1.23 bits per heavy atom. The zero-order valence-electron chi connectivity index (χ0n) is 11.9. The molecule has 5 heteroatoms. The van der Waals surface area contributed by atoms with E-state index in [2.05, 4.69) is 11.4 Å². The van der Waals surface area contributed by atoms with Gasteiger partial charge in [0.2, 0.25) is 0 Å². The fraction of sp³-hybridized carbons (Fsp3) is 0.0588. The number of aromatic carboxylic acids is 1. The first-order valence-corrected chi connectivity index (χ1v) is 6.47. The molecule has 0 heterocycles. The minimum atomic E-state index is -0.968. The first-order valence-electron chi connectivity index (χ1n) is 6.47. The summed E-state index contributed by atoms with van der Waals surface area (Å²) in [4.78, 5) is 22.4. The van der Waals surface area contributed by atoms with Crippen LogP contribution in [0.2, 0.25) is 0 Å². The molecule has 0 saturated carbocycles. The number of carbonyl (C=O) groups excluding carboxylic acids is 1. The van der Waals surface area contributed by atoms with Crippen molar-refractivity contribution in [2.75, 3.05) is 12.4 Å². The molecule has 0 spiro atoms. The average Bonchev–Trinajstić information content (AvgIpc) is 2.55. The van der Waals surface area contributed by atoms with E-state index >= 15 is 0 Å². The highest BCUT2D eigenvalue weighted by Crippen LogP contribution is 2.13. The second-order valence-electron chi connectivity index (χ2n) is 4.35. The third-order valence-electron chi connectivity index (χ3n) is 2.92. The molecule has 2 aromatic rings. The molecule has 2 aromatic carbocycles. The van der Waals surface area contributed by atoms with Gasteiger partial charge in [0.15, 0.2) is 0 Å². The monoisotopic (exact) mass is 296 g/mol. The van der Waals surface area contributed by atoms with Crippen molar-refractivity contribution < 1.29 is 19.4 Å². The molecule has 0 aliphatic carbocycles. The molecular weight excluding hydrogens is 282 g/mol. The summed E-state index contributed by atoms with van der Waals surface area (Å²) in [6.07, 6.45) is 3.37. The number of carbonyl (C=O) groups is 2. The molecular formula is C17H14NO4. The van der Waals surface area contributed by atoms with Crippen molar-refractivity contribution in [3.05, 3.63) is 71.4 Å². The number of rotatable bonds is 5. The van der Waals surface area contributed by atoms with E-state index in [1.54, 1.807) is 42.6 Å². The number of carboxylic acids is 1. The van der Waals surface area contributed by atoms with Crippen LogP contribution in [0.15, 0.2) is 48.7 Å². The zero-order chi connectivity index (χ0) is 15.9. The lowest BCUT2D eigenvalue weighted by Crippen LogP contribution is -2.03. The first-order chi connectivity index (χ1) is 10.6. The van der Waals surface area contributed by atoms with E-state index in [1.807, 2.05) is 0 Å². The van der Waals surface area contributed by atoms with Crippen molar-refractivity contribution in [3.63, 3.8) is 0 Å². The molecule has 0 fully saturated rings. The Morgan fingerprint density at radius 2 is 1.95 bits per heavy atom. The fourth-order valence-electron chi connectivity index (χ4n) is 1.80. The number of benzene rings is 2. The fourth-order valence-corrected chi connectivity index (χ4v) is 1.80. The Bertz CT molecular complexity index is 705. The second-order valence-corrected chi connectivity index (χ2v) is 4.35. The van der Waals surface area contributed by atoms with Crippen LogP contribution in [0.3, 0.4) is 0 Å². The van der Waals surface area contributed by atoms with Crippen LogP contribution < -0.4 is 5.32 Å². The summed E-state index contributed by atoms with van der Waals surface area (Å²) in [6.45, 7) is 0. The lowest BCUT2D eigenvalue weighted by Gasteiger charge is -2.04. The molecule has 0 unspecified atom stereocenters. The average molecular weight is 296 g/mol. The van der Waals surface area contributed by atoms with E-state index in [0.717, 1.165) is 5.69 Å². The van der Waals surface area contributed by atoms with Gasteiger partial charge in [-0.1, -0.05) is 18.2 Å².